The largest absolute Gasteiger partial charge is 0.459 e. The van der Waals surface area contributed by atoms with Gasteiger partial charge in [0.15, 0.2) is 0 Å². The van der Waals surface area contributed by atoms with E-state index in [4.69, 9.17) is 14.9 Å². The molecule has 27 heavy (non-hydrogen) atoms. The molecular weight excluding hydrogens is 344 g/mol. The molecule has 0 saturated carbocycles. The van der Waals surface area contributed by atoms with Crippen LogP contribution in [0.1, 0.15) is 73.1 Å². The molecule has 0 rings (SSSR count). The fourth-order valence-electron chi connectivity index (χ4n) is 2.92. The summed E-state index contributed by atoms with van der Waals surface area (Å²) in [7, 11) is 0. The minimum Gasteiger partial charge on any atom is -0.459 e. The van der Waals surface area contributed by atoms with Gasteiger partial charge in [0.2, 0.25) is 0 Å². The lowest BCUT2D eigenvalue weighted by Crippen LogP contribution is -2.27. The van der Waals surface area contributed by atoms with Gasteiger partial charge in [-0.25, -0.2) is 9.59 Å². The normalized spacial score (nSPS) is 12.2. The molecule has 0 aliphatic rings. The third-order valence-electron chi connectivity index (χ3n) is 4.37. The SMILES string of the molecule is C=C(C)C(=O)OCCOC(=O)NCCCCC(C)CC(C)(C)CCC(C)=N. The molecule has 0 bridgehead atoms. The number of esters is 1. The van der Waals surface area contributed by atoms with Crippen LogP contribution in [0, 0.1) is 16.7 Å². The molecule has 1 amide bonds. The fraction of sp³-hybridized carbons (Fsp3) is 0.762. The van der Waals surface area contributed by atoms with E-state index in [0.717, 1.165) is 44.2 Å². The lowest BCUT2D eigenvalue weighted by atomic mass is 9.78. The van der Waals surface area contributed by atoms with Crippen LogP contribution < -0.4 is 5.32 Å². The lowest BCUT2D eigenvalue weighted by Gasteiger charge is -2.28. The molecule has 0 radical (unpaired) electrons. The van der Waals surface area contributed by atoms with Crippen molar-refractivity contribution in [3.05, 3.63) is 12.2 Å². The number of carbonyl (C=O) groups is 2. The van der Waals surface area contributed by atoms with E-state index in [1.807, 2.05) is 6.92 Å². The van der Waals surface area contributed by atoms with Crippen molar-refractivity contribution in [3.63, 3.8) is 0 Å². The van der Waals surface area contributed by atoms with Crippen molar-refractivity contribution in [1.82, 2.24) is 5.32 Å². The van der Waals surface area contributed by atoms with Crippen molar-refractivity contribution in [2.45, 2.75) is 73.1 Å². The number of alkyl carbamates (subject to hydrolysis) is 1. The molecule has 2 N–H and O–H groups in total. The molecule has 0 aromatic heterocycles. The topological polar surface area (TPSA) is 88.5 Å². The third-order valence-corrected chi connectivity index (χ3v) is 4.37. The Hall–Kier alpha value is -1.85. The first-order chi connectivity index (χ1) is 12.5. The Morgan fingerprint density at radius 1 is 1.15 bits per heavy atom. The number of nitrogens with one attached hydrogen (secondary N) is 2. The smallest absolute Gasteiger partial charge is 0.407 e. The van der Waals surface area contributed by atoms with E-state index in [-0.39, 0.29) is 18.6 Å². The van der Waals surface area contributed by atoms with Crippen molar-refractivity contribution < 1.29 is 19.1 Å². The third kappa shape index (κ3) is 15.0. The molecule has 0 aliphatic heterocycles. The highest BCUT2D eigenvalue weighted by molar-refractivity contribution is 5.86. The van der Waals surface area contributed by atoms with Gasteiger partial charge >= 0.3 is 12.1 Å². The van der Waals surface area contributed by atoms with Crippen molar-refractivity contribution >= 4 is 17.8 Å². The van der Waals surface area contributed by atoms with E-state index >= 15 is 0 Å². The van der Waals surface area contributed by atoms with Gasteiger partial charge in [-0.3, -0.25) is 0 Å². The van der Waals surface area contributed by atoms with Crippen LogP contribution in [0.2, 0.25) is 0 Å². The van der Waals surface area contributed by atoms with Gasteiger partial charge in [-0.05, 0) is 50.9 Å². The number of carbonyl (C=O) groups excluding carboxylic acids is 2. The van der Waals surface area contributed by atoms with Gasteiger partial charge in [-0.1, -0.05) is 40.2 Å². The number of hydrogen-bond acceptors (Lipinski definition) is 5. The second-order valence-electron chi connectivity index (χ2n) is 8.23. The quantitative estimate of drug-likeness (QED) is 0.194. The summed E-state index contributed by atoms with van der Waals surface area (Å²) < 4.78 is 9.78. The maximum Gasteiger partial charge on any atom is 0.407 e. The highest BCUT2D eigenvalue weighted by Crippen LogP contribution is 2.32. The van der Waals surface area contributed by atoms with Crippen molar-refractivity contribution in [2.24, 2.45) is 11.3 Å². The first-order valence-electron chi connectivity index (χ1n) is 9.81. The highest BCUT2D eigenvalue weighted by atomic mass is 16.6. The second-order valence-corrected chi connectivity index (χ2v) is 8.23. The van der Waals surface area contributed by atoms with Crippen LogP contribution in [-0.2, 0) is 14.3 Å². The maximum atomic E-state index is 11.5. The summed E-state index contributed by atoms with van der Waals surface area (Å²) in [4.78, 5) is 22.7. The Labute approximate surface area is 164 Å². The molecule has 0 spiro atoms. The molecule has 0 aromatic carbocycles. The van der Waals surface area contributed by atoms with Crippen LogP contribution in [0.5, 0.6) is 0 Å². The number of unbranched alkanes of at least 4 members (excludes halogenated alkanes) is 1. The lowest BCUT2D eigenvalue weighted by molar-refractivity contribution is -0.139. The minimum absolute atomic E-state index is 0.0317. The van der Waals surface area contributed by atoms with Crippen LogP contribution in [0.25, 0.3) is 0 Å². The molecular formula is C21H38N2O4. The maximum absolute atomic E-state index is 11.5. The van der Waals surface area contributed by atoms with Crippen LogP contribution in [0.4, 0.5) is 4.79 Å². The minimum atomic E-state index is -0.488. The summed E-state index contributed by atoms with van der Waals surface area (Å²) in [6.45, 7) is 14.4. The van der Waals surface area contributed by atoms with Gasteiger partial charge < -0.3 is 20.2 Å². The van der Waals surface area contributed by atoms with Crippen LogP contribution in [-0.4, -0.2) is 37.5 Å². The van der Waals surface area contributed by atoms with E-state index in [9.17, 15) is 9.59 Å². The zero-order valence-corrected chi connectivity index (χ0v) is 17.8. The van der Waals surface area contributed by atoms with Crippen molar-refractivity contribution in [3.8, 4) is 0 Å². The van der Waals surface area contributed by atoms with Gasteiger partial charge in [0.25, 0.3) is 0 Å². The van der Waals surface area contributed by atoms with Crippen LogP contribution in [0.15, 0.2) is 12.2 Å². The van der Waals surface area contributed by atoms with E-state index in [0.29, 0.717) is 18.0 Å². The predicted octanol–water partition coefficient (Wildman–Crippen LogP) is 4.87. The zero-order valence-electron chi connectivity index (χ0n) is 17.8. The summed E-state index contributed by atoms with van der Waals surface area (Å²) in [5, 5.41) is 10.3. The first-order valence-corrected chi connectivity index (χ1v) is 9.81. The average Bonchev–Trinajstić information content (AvgIpc) is 2.56. The molecule has 6 heteroatoms. The van der Waals surface area contributed by atoms with Gasteiger partial charge in [0.05, 0.1) is 0 Å². The number of ether oxygens (including phenoxy) is 2. The monoisotopic (exact) mass is 382 g/mol. The fourth-order valence-corrected chi connectivity index (χ4v) is 2.92. The first kappa shape index (κ1) is 25.1. The van der Waals surface area contributed by atoms with Gasteiger partial charge in [0.1, 0.15) is 13.2 Å². The summed E-state index contributed by atoms with van der Waals surface area (Å²) in [5.74, 6) is 0.144. The molecule has 1 unspecified atom stereocenters. The summed E-state index contributed by atoms with van der Waals surface area (Å²) in [6, 6.07) is 0. The van der Waals surface area contributed by atoms with E-state index in [1.54, 1.807) is 6.92 Å². The molecule has 156 valence electrons. The van der Waals surface area contributed by atoms with E-state index < -0.39 is 12.1 Å². The Morgan fingerprint density at radius 3 is 2.37 bits per heavy atom. The molecule has 0 saturated heterocycles. The molecule has 0 aromatic rings. The standard InChI is InChI=1S/C21H38N2O4/c1-16(2)19(24)26-13-14-27-20(25)23-12-8-7-9-17(3)15-21(5,6)11-10-18(4)22/h17,22H,1,7-15H2,2-6H3,(H,23,25). The predicted molar refractivity (Wildman–Crippen MR) is 109 cm³/mol. The molecule has 0 aliphatic carbocycles. The second kappa shape index (κ2) is 13.3. The van der Waals surface area contributed by atoms with Gasteiger partial charge in [-0.2, -0.15) is 0 Å². The van der Waals surface area contributed by atoms with Gasteiger partial charge in [-0.15, -0.1) is 0 Å². The number of amides is 1. The van der Waals surface area contributed by atoms with Crippen LogP contribution >= 0.6 is 0 Å². The van der Waals surface area contributed by atoms with Gasteiger partial charge in [0, 0.05) is 17.8 Å². The Balaban J connectivity index is 3.71. The van der Waals surface area contributed by atoms with Crippen LogP contribution in [0.3, 0.4) is 0 Å². The summed E-state index contributed by atoms with van der Waals surface area (Å²) in [5.41, 5.74) is 1.33. The molecule has 1 atom stereocenters. The van der Waals surface area contributed by atoms with E-state index in [1.165, 1.54) is 0 Å². The number of rotatable bonds is 14. The Morgan fingerprint density at radius 2 is 1.78 bits per heavy atom. The molecule has 6 nitrogen and oxygen atoms in total. The summed E-state index contributed by atoms with van der Waals surface area (Å²) in [6.07, 6.45) is 5.68. The highest BCUT2D eigenvalue weighted by Gasteiger charge is 2.20. The zero-order chi connectivity index (χ0) is 20.9. The Kier molecular flexibility index (Phi) is 12.4. The molecule has 0 fully saturated rings. The van der Waals surface area contributed by atoms with Crippen molar-refractivity contribution in [2.75, 3.05) is 19.8 Å². The Bertz CT molecular complexity index is 500. The van der Waals surface area contributed by atoms with E-state index in [2.05, 4.69) is 32.7 Å². The number of hydrogen-bond donors (Lipinski definition) is 2. The van der Waals surface area contributed by atoms with Crippen molar-refractivity contribution in [1.29, 1.82) is 5.41 Å². The average molecular weight is 383 g/mol. The molecule has 0 heterocycles. The summed E-state index contributed by atoms with van der Waals surface area (Å²) >= 11 is 0.